The fraction of sp³-hybridized carbons (Fsp3) is 0. The molecule has 0 saturated heterocycles. The Kier molecular flexibility index (Phi) is 12.4. The van der Waals surface area contributed by atoms with Crippen LogP contribution in [0.1, 0.15) is 0 Å². The molecule has 31 rings (SSSR count). The molecule has 0 radical (unpaired) electrons. The molecule has 14 heteroatoms. The summed E-state index contributed by atoms with van der Waals surface area (Å²) >= 11 is 0. The third-order valence-corrected chi connectivity index (χ3v) is 25.7. The van der Waals surface area contributed by atoms with Crippen molar-refractivity contribution in [1.29, 1.82) is 0 Å². The maximum atomic E-state index is 6.47. The van der Waals surface area contributed by atoms with Crippen LogP contribution in [0.15, 0.2) is 356 Å². The van der Waals surface area contributed by atoms with Crippen LogP contribution in [0, 0.1) is 0 Å². The maximum Gasteiger partial charge on any atom is 0.165 e. The van der Waals surface area contributed by atoms with Gasteiger partial charge in [0, 0.05) is 108 Å². The van der Waals surface area contributed by atoms with Gasteiger partial charge in [-0.2, -0.15) is 0 Å². The smallest absolute Gasteiger partial charge is 0.165 e. The SMILES string of the molecule is c1ccc(-c2ccc3c4c5c(cc6c7nc8ccccc8nc7n(c3c2)c64)oc2ccccc25)cc1.c1ccc2nc3c(nc2c1)c1cc2oc4ccccc4c2c2c4ccc(-c5ccc6oc7ccccc7c6c5)cc4n3c12.c1ccc2nc3c(nc2c1)c1cc2oc4ccccc4c2c2c4cccc(-c5ccc6oc7ccccc7c6c5)c4n3c12. The summed E-state index contributed by atoms with van der Waals surface area (Å²) in [5.74, 6) is 0. The summed E-state index contributed by atoms with van der Waals surface area (Å²) in [5, 5.41) is 21.5. The molecule has 0 aliphatic heterocycles. The number of nitrogens with zero attached hydrogens (tertiary/aromatic N) is 9. The standard InChI is InChI=1S/2C38H19N3O2.C32H17N3O/c1-5-14-29-22(8-1)25-18-20(16-17-31(25)42-29)21-10-7-11-24-34-33-23-9-2-6-15-30(23)43-32(33)19-26-35-38(41(36(21)24)37(26)34)40-28-13-4-3-12-27(28)39-35;1-5-11-30-22(7-1)25-17-20(14-16-32(25)42-30)21-13-15-23-29(18-21)41-37-26(36-38(41)40-28-10-4-3-9-27(28)39-36)19-33-34(35(23)37)24-8-2-6-12-31(24)43-33;1-2-8-18(9-3-1)19-14-15-20-25(16-19)35-31-22(30-32(35)34-24-12-6-5-11-23(24)33-30)17-27-28(29(20)31)21-10-4-7-13-26(21)36-27/h2*1-19H;1-17H. The van der Waals surface area contributed by atoms with Gasteiger partial charge < -0.3 is 22.1 Å². The molecule has 122 heavy (non-hydrogen) atoms. The molecule has 0 amide bonds. The van der Waals surface area contributed by atoms with Gasteiger partial charge in [0.25, 0.3) is 0 Å². The minimum absolute atomic E-state index is 0.855. The van der Waals surface area contributed by atoms with Gasteiger partial charge in [0.05, 0.1) is 66.2 Å². The van der Waals surface area contributed by atoms with Crippen molar-refractivity contribution < 1.29 is 22.1 Å². The quantitative estimate of drug-likeness (QED) is 0.166. The van der Waals surface area contributed by atoms with Crippen molar-refractivity contribution in [2.75, 3.05) is 0 Å². The van der Waals surface area contributed by atoms with Crippen molar-refractivity contribution in [2.24, 2.45) is 0 Å². The van der Waals surface area contributed by atoms with Crippen molar-refractivity contribution in [3.63, 3.8) is 0 Å². The van der Waals surface area contributed by atoms with E-state index in [1.54, 1.807) is 0 Å². The van der Waals surface area contributed by atoms with E-state index in [-0.39, 0.29) is 0 Å². The molecular weight excluding hydrogens is 1500 g/mol. The van der Waals surface area contributed by atoms with Gasteiger partial charge in [-0.3, -0.25) is 13.2 Å². The van der Waals surface area contributed by atoms with Gasteiger partial charge in [-0.05, 0) is 149 Å². The van der Waals surface area contributed by atoms with E-state index in [1.807, 2.05) is 133 Å². The van der Waals surface area contributed by atoms with Crippen LogP contribution in [0.2, 0.25) is 0 Å². The van der Waals surface area contributed by atoms with E-state index >= 15 is 0 Å². The van der Waals surface area contributed by atoms with Crippen LogP contribution in [0.5, 0.6) is 0 Å². The fourth-order valence-electron chi connectivity index (χ4n) is 20.5. The highest BCUT2D eigenvalue weighted by Gasteiger charge is 2.31. The van der Waals surface area contributed by atoms with Gasteiger partial charge in [0.1, 0.15) is 72.4 Å². The summed E-state index contributed by atoms with van der Waals surface area (Å²) in [4.78, 5) is 30.9. The molecule has 0 N–H and O–H groups in total. The summed E-state index contributed by atoms with van der Waals surface area (Å²) in [6.07, 6.45) is 0. The van der Waals surface area contributed by atoms with Crippen molar-refractivity contribution in [3.05, 3.63) is 334 Å². The van der Waals surface area contributed by atoms with Gasteiger partial charge in [-0.25, -0.2) is 29.9 Å². The second-order valence-electron chi connectivity index (χ2n) is 32.2. The topological polar surface area (TPSA) is 156 Å². The average Bonchev–Trinajstić information content (AvgIpc) is 1.52. The lowest BCUT2D eigenvalue weighted by atomic mass is 9.98. The maximum absolute atomic E-state index is 6.47. The summed E-state index contributed by atoms with van der Waals surface area (Å²) in [6.45, 7) is 0. The van der Waals surface area contributed by atoms with Crippen molar-refractivity contribution in [1.82, 2.24) is 43.1 Å². The lowest BCUT2D eigenvalue weighted by molar-refractivity contribution is 0.668. The van der Waals surface area contributed by atoms with Crippen LogP contribution in [0.4, 0.5) is 0 Å². The first-order chi connectivity index (χ1) is 60.5. The molecule has 562 valence electrons. The van der Waals surface area contributed by atoms with E-state index in [4.69, 9.17) is 52.0 Å². The van der Waals surface area contributed by atoms with Crippen LogP contribution in [-0.2, 0) is 0 Å². The Morgan fingerprint density at radius 1 is 0.172 bits per heavy atom. The second kappa shape index (κ2) is 23.5. The van der Waals surface area contributed by atoms with Crippen LogP contribution in [0.3, 0.4) is 0 Å². The zero-order valence-corrected chi connectivity index (χ0v) is 64.3. The third kappa shape index (κ3) is 8.63. The summed E-state index contributed by atoms with van der Waals surface area (Å²) in [6, 6.07) is 116. The Balaban J connectivity index is 0.0000000927. The Labute approximate surface area is 685 Å². The molecule has 0 spiro atoms. The third-order valence-electron chi connectivity index (χ3n) is 25.7. The molecule has 14 aromatic heterocycles. The molecular formula is C108H55N9O5. The molecule has 0 bridgehead atoms. The van der Waals surface area contributed by atoms with E-state index in [1.165, 1.54) is 43.4 Å². The molecule has 14 nitrogen and oxygen atoms in total. The molecule has 31 aromatic rings. The largest absolute Gasteiger partial charge is 0.456 e. The monoisotopic (exact) mass is 1560 g/mol. The average molecular weight is 1560 g/mol. The van der Waals surface area contributed by atoms with Crippen molar-refractivity contribution >= 4 is 258 Å². The zero-order valence-electron chi connectivity index (χ0n) is 64.3. The first kappa shape index (κ1) is 64.3. The van der Waals surface area contributed by atoms with Crippen molar-refractivity contribution in [3.8, 4) is 33.4 Å². The minimum atomic E-state index is 0.855. The first-order valence-corrected chi connectivity index (χ1v) is 40.9. The Hall–Kier alpha value is -16.8. The number of para-hydroxylation sites is 12. The highest BCUT2D eigenvalue weighted by molar-refractivity contribution is 6.38. The lowest BCUT2D eigenvalue weighted by Crippen LogP contribution is -1.90. The van der Waals surface area contributed by atoms with Crippen molar-refractivity contribution in [2.45, 2.75) is 0 Å². The van der Waals surface area contributed by atoms with Gasteiger partial charge in [-0.15, -0.1) is 0 Å². The van der Waals surface area contributed by atoms with Crippen LogP contribution >= 0.6 is 0 Å². The number of furan rings is 5. The van der Waals surface area contributed by atoms with Crippen LogP contribution in [0.25, 0.3) is 291 Å². The molecule has 0 fully saturated rings. The highest BCUT2D eigenvalue weighted by atomic mass is 16.3. The number of fused-ring (bicyclic) bond motifs is 39. The highest BCUT2D eigenvalue weighted by Crippen LogP contribution is 2.52. The fourth-order valence-corrected chi connectivity index (χ4v) is 20.5. The Morgan fingerprint density at radius 3 is 0.951 bits per heavy atom. The van der Waals surface area contributed by atoms with Gasteiger partial charge in [-0.1, -0.05) is 212 Å². The predicted molar refractivity (Wildman–Crippen MR) is 495 cm³/mol. The molecule has 0 aliphatic rings. The van der Waals surface area contributed by atoms with Crippen LogP contribution in [-0.4, -0.2) is 43.1 Å². The second-order valence-corrected chi connectivity index (χ2v) is 32.2. The number of hydrogen-bond acceptors (Lipinski definition) is 11. The molecule has 0 atom stereocenters. The molecule has 0 unspecified atom stereocenters. The Morgan fingerprint density at radius 2 is 0.492 bits per heavy atom. The zero-order chi connectivity index (χ0) is 79.0. The summed E-state index contributed by atoms with van der Waals surface area (Å²) in [5.41, 5.74) is 33.1. The van der Waals surface area contributed by atoms with Crippen LogP contribution < -0.4 is 0 Å². The minimum Gasteiger partial charge on any atom is -0.456 e. The first-order valence-electron chi connectivity index (χ1n) is 40.9. The predicted octanol–water partition coefficient (Wildman–Crippen LogP) is 28.8. The van der Waals surface area contributed by atoms with Gasteiger partial charge >= 0.3 is 0 Å². The molecule has 0 saturated carbocycles. The van der Waals surface area contributed by atoms with E-state index in [2.05, 4.69) is 213 Å². The van der Waals surface area contributed by atoms with E-state index in [9.17, 15) is 0 Å². The normalized spacial score (nSPS) is 12.6. The number of aromatic nitrogens is 9. The Bertz CT molecular complexity index is 10000. The number of benzene rings is 17. The van der Waals surface area contributed by atoms with E-state index in [0.29, 0.717) is 0 Å². The number of rotatable bonds is 3. The van der Waals surface area contributed by atoms with Gasteiger partial charge in [0.2, 0.25) is 0 Å². The van der Waals surface area contributed by atoms with E-state index < -0.39 is 0 Å². The summed E-state index contributed by atoms with van der Waals surface area (Å²) < 4.78 is 38.5. The number of hydrogen-bond donors (Lipinski definition) is 0. The molecule has 14 heterocycles. The lowest BCUT2D eigenvalue weighted by Gasteiger charge is -2.07. The summed E-state index contributed by atoms with van der Waals surface area (Å²) in [7, 11) is 0. The molecule has 17 aromatic carbocycles. The molecule has 0 aliphatic carbocycles. The van der Waals surface area contributed by atoms with E-state index in [0.717, 1.165) is 248 Å². The van der Waals surface area contributed by atoms with Gasteiger partial charge in [0.15, 0.2) is 16.9 Å².